The summed E-state index contributed by atoms with van der Waals surface area (Å²) in [6.45, 7) is 0. The summed E-state index contributed by atoms with van der Waals surface area (Å²) in [4.78, 5) is 2.52. The van der Waals surface area contributed by atoms with Crippen LogP contribution in [0, 0.1) is 0 Å². The van der Waals surface area contributed by atoms with Gasteiger partial charge in [-0.2, -0.15) is 0 Å². The van der Waals surface area contributed by atoms with Gasteiger partial charge < -0.3 is 9.64 Å². The van der Waals surface area contributed by atoms with Crippen LogP contribution in [0.4, 0.5) is 17.1 Å². The van der Waals surface area contributed by atoms with E-state index in [0.29, 0.717) is 0 Å². The van der Waals surface area contributed by atoms with Gasteiger partial charge in [-0.1, -0.05) is 182 Å². The Morgan fingerprint density at radius 2 is 0.724 bits per heavy atom. The number of benzene rings is 9. The second-order valence-corrected chi connectivity index (χ2v) is 19.5. The lowest BCUT2D eigenvalue weighted by Crippen LogP contribution is -2.70. The molecule has 13 rings (SSSR count). The molecular weight excluding hydrogens is 719 g/mol. The molecule has 0 fully saturated rings. The van der Waals surface area contributed by atoms with Crippen LogP contribution in [-0.2, 0) is 5.41 Å². The number of rotatable bonds is 2. The largest absolute Gasteiger partial charge is 0.457 e. The van der Waals surface area contributed by atoms with Crippen molar-refractivity contribution in [3.63, 3.8) is 0 Å². The number of ether oxygens (including phenoxy) is 1. The van der Waals surface area contributed by atoms with Crippen LogP contribution in [0.3, 0.4) is 0 Å². The van der Waals surface area contributed by atoms with Gasteiger partial charge in [-0.25, -0.2) is 0 Å². The number of para-hydroxylation sites is 5. The molecule has 3 heteroatoms. The van der Waals surface area contributed by atoms with Gasteiger partial charge in [0.05, 0.1) is 22.5 Å². The molecule has 2 nitrogen and oxygen atoms in total. The fraction of sp³-hybridized carbons (Fsp3) is 0.0182. The predicted octanol–water partition coefficient (Wildman–Crippen LogP) is 11.0. The van der Waals surface area contributed by atoms with Crippen molar-refractivity contribution in [2.24, 2.45) is 0 Å². The van der Waals surface area contributed by atoms with Gasteiger partial charge in [-0.3, -0.25) is 0 Å². The molecule has 58 heavy (non-hydrogen) atoms. The standard InChI is InChI=1S/C55H35NOSi/c1-9-25-46(56-47-26-10-5-21-42(47)55(43-22-6-11-27-48(43)56)44-23-7-12-28-49(44)57-50-29-13-8-24-45(50)55)37(17-1)36-33-34-41-40-20-4-16-32-53(40)58(54(41)35-36)51-30-14-2-18-38(51)39-19-3-15-31-52(39)58/h1-35H. The van der Waals surface area contributed by atoms with E-state index < -0.39 is 13.5 Å². The van der Waals surface area contributed by atoms with E-state index in [1.54, 1.807) is 0 Å². The third-order valence-electron chi connectivity index (χ3n) is 13.4. The van der Waals surface area contributed by atoms with Crippen molar-refractivity contribution in [1.82, 2.24) is 0 Å². The maximum atomic E-state index is 6.66. The highest BCUT2D eigenvalue weighted by Crippen LogP contribution is 2.63. The van der Waals surface area contributed by atoms with Crippen molar-refractivity contribution in [1.29, 1.82) is 0 Å². The van der Waals surface area contributed by atoms with Crippen LogP contribution in [-0.4, -0.2) is 8.07 Å². The lowest BCUT2D eigenvalue weighted by atomic mass is 9.61. The molecule has 0 unspecified atom stereocenters. The molecular formula is C55H35NOSi. The minimum atomic E-state index is -2.61. The molecule has 0 atom stereocenters. The summed E-state index contributed by atoms with van der Waals surface area (Å²) in [6, 6.07) is 79.2. The van der Waals surface area contributed by atoms with Crippen LogP contribution >= 0.6 is 0 Å². The zero-order valence-electron chi connectivity index (χ0n) is 31.6. The highest BCUT2D eigenvalue weighted by atomic mass is 28.3. The lowest BCUT2D eigenvalue weighted by Gasteiger charge is -2.48. The highest BCUT2D eigenvalue weighted by Gasteiger charge is 2.54. The van der Waals surface area contributed by atoms with Crippen LogP contribution in [0.5, 0.6) is 11.5 Å². The molecule has 4 heterocycles. The fourth-order valence-electron chi connectivity index (χ4n) is 11.3. The van der Waals surface area contributed by atoms with E-state index in [0.717, 1.165) is 28.3 Å². The van der Waals surface area contributed by atoms with E-state index in [9.17, 15) is 0 Å². The quantitative estimate of drug-likeness (QED) is 0.163. The SMILES string of the molecule is c1ccc2c(c1)Oc1ccccc1C21c2ccccc2N(c2ccccc2-c2ccc3c(c2)[Si]2(c4ccccc4-c4ccccc42)c2ccccc2-3)c2ccccc21. The van der Waals surface area contributed by atoms with E-state index in [-0.39, 0.29) is 0 Å². The van der Waals surface area contributed by atoms with Gasteiger partial charge in [-0.15, -0.1) is 0 Å². The summed E-state index contributed by atoms with van der Waals surface area (Å²) in [7, 11) is -2.61. The Balaban J connectivity index is 1.07. The molecule has 0 aliphatic carbocycles. The molecule has 9 aromatic carbocycles. The molecule has 4 aliphatic rings. The number of nitrogens with zero attached hydrogens (tertiary/aromatic N) is 1. The second kappa shape index (κ2) is 11.7. The predicted molar refractivity (Wildman–Crippen MR) is 240 cm³/mol. The first kappa shape index (κ1) is 31.9. The summed E-state index contributed by atoms with van der Waals surface area (Å²) in [6.07, 6.45) is 0. The Hall–Kier alpha value is -7.20. The third-order valence-corrected chi connectivity index (χ3v) is 18.3. The van der Waals surface area contributed by atoms with Crippen molar-refractivity contribution in [3.8, 4) is 44.9 Å². The number of hydrogen-bond acceptors (Lipinski definition) is 2. The number of fused-ring (bicyclic) bond motifs is 18. The molecule has 270 valence electrons. The summed E-state index contributed by atoms with van der Waals surface area (Å²) in [5, 5.41) is 5.96. The Morgan fingerprint density at radius 3 is 1.26 bits per heavy atom. The van der Waals surface area contributed by atoms with Crippen LogP contribution in [0.15, 0.2) is 212 Å². The minimum absolute atomic E-state index is 0.579. The van der Waals surface area contributed by atoms with E-state index in [4.69, 9.17) is 4.74 Å². The summed E-state index contributed by atoms with van der Waals surface area (Å²) in [5.41, 5.74) is 15.6. The van der Waals surface area contributed by atoms with Gasteiger partial charge in [-0.05, 0) is 90.0 Å². The van der Waals surface area contributed by atoms with Crippen molar-refractivity contribution >= 4 is 45.9 Å². The second-order valence-electron chi connectivity index (χ2n) is 15.9. The van der Waals surface area contributed by atoms with Gasteiger partial charge >= 0.3 is 0 Å². The fourth-order valence-corrected chi connectivity index (χ4v) is 16.9. The van der Waals surface area contributed by atoms with Gasteiger partial charge in [0.15, 0.2) is 8.07 Å². The van der Waals surface area contributed by atoms with E-state index in [2.05, 4.69) is 217 Å². The van der Waals surface area contributed by atoms with Crippen molar-refractivity contribution in [3.05, 3.63) is 235 Å². The van der Waals surface area contributed by atoms with Crippen LogP contribution in [0.2, 0.25) is 0 Å². The minimum Gasteiger partial charge on any atom is -0.457 e. The first-order valence-electron chi connectivity index (χ1n) is 20.2. The molecule has 4 aliphatic heterocycles. The van der Waals surface area contributed by atoms with Crippen LogP contribution in [0.25, 0.3) is 33.4 Å². The average molecular weight is 754 g/mol. The molecule has 9 aromatic rings. The van der Waals surface area contributed by atoms with Gasteiger partial charge in [0.25, 0.3) is 0 Å². The number of hydrogen-bond donors (Lipinski definition) is 0. The Kier molecular flexibility index (Phi) is 6.43. The first-order valence-corrected chi connectivity index (χ1v) is 22.2. The Labute approximate surface area is 338 Å². The zero-order valence-corrected chi connectivity index (χ0v) is 32.6. The molecule has 0 aromatic heterocycles. The van der Waals surface area contributed by atoms with E-state index >= 15 is 0 Å². The molecule has 0 amide bonds. The summed E-state index contributed by atoms with van der Waals surface area (Å²) in [5.74, 6) is 1.79. The Bertz CT molecular complexity index is 3040. The van der Waals surface area contributed by atoms with Crippen molar-refractivity contribution < 1.29 is 4.74 Å². The molecule has 0 bridgehead atoms. The molecule has 0 saturated heterocycles. The van der Waals surface area contributed by atoms with E-state index in [1.807, 2.05) is 0 Å². The topological polar surface area (TPSA) is 12.5 Å². The maximum absolute atomic E-state index is 6.66. The maximum Gasteiger partial charge on any atom is 0.182 e. The molecule has 0 saturated carbocycles. The van der Waals surface area contributed by atoms with Crippen LogP contribution in [0.1, 0.15) is 22.3 Å². The summed E-state index contributed by atoms with van der Waals surface area (Å²) < 4.78 is 6.66. The van der Waals surface area contributed by atoms with Crippen LogP contribution < -0.4 is 30.4 Å². The molecule has 0 radical (unpaired) electrons. The monoisotopic (exact) mass is 753 g/mol. The zero-order chi connectivity index (χ0) is 38.0. The smallest absolute Gasteiger partial charge is 0.182 e. The Morgan fingerprint density at radius 1 is 0.328 bits per heavy atom. The van der Waals surface area contributed by atoms with Crippen molar-refractivity contribution in [2.75, 3.05) is 4.90 Å². The highest BCUT2D eigenvalue weighted by molar-refractivity contribution is 7.24. The van der Waals surface area contributed by atoms with Gasteiger partial charge in [0.1, 0.15) is 11.5 Å². The van der Waals surface area contributed by atoms with E-state index in [1.165, 1.54) is 76.6 Å². The molecule has 0 N–H and O–H groups in total. The lowest BCUT2D eigenvalue weighted by molar-refractivity contribution is 0.434. The number of anilines is 3. The average Bonchev–Trinajstić information content (AvgIpc) is 3.76. The normalized spacial score (nSPS) is 14.9. The first-order chi connectivity index (χ1) is 28.8. The third kappa shape index (κ3) is 3.87. The molecule has 2 spiro atoms. The summed E-state index contributed by atoms with van der Waals surface area (Å²) >= 11 is 0. The van der Waals surface area contributed by atoms with Crippen molar-refractivity contribution in [2.45, 2.75) is 5.41 Å². The van der Waals surface area contributed by atoms with Gasteiger partial charge in [0, 0.05) is 16.7 Å². The van der Waals surface area contributed by atoms with Gasteiger partial charge in [0.2, 0.25) is 0 Å².